The fourth-order valence-corrected chi connectivity index (χ4v) is 4.27. The number of aliphatic hydroxyl groups excluding tert-OH is 1. The summed E-state index contributed by atoms with van der Waals surface area (Å²) in [4.78, 5) is 26.5. The largest absolute Gasteiger partial charge is 0.453 e. The lowest BCUT2D eigenvalue weighted by Crippen LogP contribution is -2.57. The number of carbonyl (C=O) groups is 2. The third kappa shape index (κ3) is 5.11. The Kier molecular flexibility index (Phi) is 7.33. The van der Waals surface area contributed by atoms with Crippen LogP contribution in [0.25, 0.3) is 10.8 Å². The number of amides is 2. The Hall–Kier alpha value is -2.16. The molecule has 0 radical (unpaired) electrons. The summed E-state index contributed by atoms with van der Waals surface area (Å²) in [6.45, 7) is 4.39. The number of carbonyl (C=O) groups excluding carboxylic acids is 2. The van der Waals surface area contributed by atoms with E-state index in [4.69, 9.17) is 0 Å². The van der Waals surface area contributed by atoms with E-state index in [2.05, 4.69) is 31.3 Å². The zero-order chi connectivity index (χ0) is 21.8. The number of aliphatic hydroxyl groups is 1. The van der Waals surface area contributed by atoms with Gasteiger partial charge in [-0.1, -0.05) is 41.9 Å². The van der Waals surface area contributed by atoms with Gasteiger partial charge in [-0.2, -0.15) is 0 Å². The molecule has 3 rings (SSSR count). The molecule has 2 aromatic rings. The first-order chi connectivity index (χ1) is 14.3. The summed E-state index contributed by atoms with van der Waals surface area (Å²) in [7, 11) is 1.29. The number of fused-ring (bicyclic) bond motifs is 1. The average Bonchev–Trinajstić information content (AvgIpc) is 3.21. The molecule has 2 amide bonds. The second kappa shape index (κ2) is 9.76. The van der Waals surface area contributed by atoms with Crippen LogP contribution in [0.2, 0.25) is 0 Å². The number of rotatable bonds is 6. The van der Waals surface area contributed by atoms with Gasteiger partial charge in [0.2, 0.25) is 5.91 Å². The molecule has 0 spiro atoms. The van der Waals surface area contributed by atoms with Crippen molar-refractivity contribution in [3.05, 3.63) is 40.9 Å². The molecular formula is C22H28BrN3O4. The van der Waals surface area contributed by atoms with Crippen molar-refractivity contribution in [2.75, 3.05) is 19.0 Å². The topological polar surface area (TPSA) is 90.9 Å². The molecule has 162 valence electrons. The van der Waals surface area contributed by atoms with Crippen LogP contribution in [-0.2, 0) is 9.53 Å². The Morgan fingerprint density at radius 2 is 1.90 bits per heavy atom. The first kappa shape index (κ1) is 22.5. The van der Waals surface area contributed by atoms with Crippen molar-refractivity contribution in [3.8, 4) is 0 Å². The van der Waals surface area contributed by atoms with Gasteiger partial charge in [0, 0.05) is 16.7 Å². The number of alkyl carbamates (subject to hydrolysis) is 1. The number of benzene rings is 2. The number of methoxy groups -OCH3 is 1. The van der Waals surface area contributed by atoms with E-state index >= 15 is 0 Å². The Morgan fingerprint density at radius 1 is 1.20 bits per heavy atom. The fourth-order valence-electron chi connectivity index (χ4n) is 3.89. The van der Waals surface area contributed by atoms with Gasteiger partial charge in [-0.15, -0.1) is 0 Å². The molecule has 1 saturated heterocycles. The minimum atomic E-state index is -0.990. The van der Waals surface area contributed by atoms with E-state index in [0.717, 1.165) is 21.7 Å². The first-order valence-electron chi connectivity index (χ1n) is 10.1. The number of hydrogen-bond acceptors (Lipinski definition) is 5. The molecule has 30 heavy (non-hydrogen) atoms. The summed E-state index contributed by atoms with van der Waals surface area (Å²) in [6, 6.07) is 10.7. The maximum absolute atomic E-state index is 13.0. The van der Waals surface area contributed by atoms with Crippen molar-refractivity contribution < 1.29 is 19.4 Å². The lowest BCUT2D eigenvalue weighted by molar-refractivity contribution is -0.125. The van der Waals surface area contributed by atoms with Crippen molar-refractivity contribution in [1.29, 1.82) is 0 Å². The molecule has 0 aromatic heterocycles. The molecule has 3 N–H and O–H groups in total. The van der Waals surface area contributed by atoms with Crippen LogP contribution in [-0.4, -0.2) is 54.0 Å². The van der Waals surface area contributed by atoms with Gasteiger partial charge in [0.1, 0.15) is 6.23 Å². The Balaban J connectivity index is 1.73. The highest BCUT2D eigenvalue weighted by Crippen LogP contribution is 2.26. The van der Waals surface area contributed by atoms with Gasteiger partial charge in [0.15, 0.2) is 0 Å². The molecule has 1 unspecified atom stereocenters. The van der Waals surface area contributed by atoms with Crippen molar-refractivity contribution in [1.82, 2.24) is 10.2 Å². The minimum Gasteiger partial charge on any atom is -0.453 e. The van der Waals surface area contributed by atoms with E-state index in [1.54, 1.807) is 4.90 Å². The van der Waals surface area contributed by atoms with E-state index in [-0.39, 0.29) is 11.8 Å². The van der Waals surface area contributed by atoms with Crippen LogP contribution in [0.1, 0.15) is 26.7 Å². The molecule has 1 fully saturated rings. The highest BCUT2D eigenvalue weighted by Gasteiger charge is 2.39. The van der Waals surface area contributed by atoms with Crippen molar-refractivity contribution in [3.63, 3.8) is 0 Å². The Labute approximate surface area is 184 Å². The predicted molar refractivity (Wildman–Crippen MR) is 120 cm³/mol. The second-order valence-electron chi connectivity index (χ2n) is 7.91. The molecule has 0 saturated carbocycles. The number of ether oxygens (including phenoxy) is 1. The fraction of sp³-hybridized carbons (Fsp3) is 0.455. The molecule has 2 aromatic carbocycles. The first-order valence-corrected chi connectivity index (χ1v) is 10.9. The molecule has 8 heteroatoms. The van der Waals surface area contributed by atoms with Gasteiger partial charge in [-0.05, 0) is 53.8 Å². The summed E-state index contributed by atoms with van der Waals surface area (Å²) >= 11 is 3.46. The molecule has 7 nitrogen and oxygen atoms in total. The second-order valence-corrected chi connectivity index (χ2v) is 8.83. The van der Waals surface area contributed by atoms with E-state index in [0.29, 0.717) is 18.7 Å². The highest BCUT2D eigenvalue weighted by molar-refractivity contribution is 9.10. The standard InChI is InChI=1S/C22H28BrN3O4/c1-13(2)19(25-22(29)30-3)21(28)26-10-4-5-18(26)20(27)24-17-9-7-14-11-16(23)8-6-15(14)12-17/h6-9,11-13,18-19,21,28H,4-5,10H2,1-3H3,(H,24,27)(H,25,29)/t18-,19-,21?/m0/s1. The van der Waals surface area contributed by atoms with Gasteiger partial charge in [-0.3, -0.25) is 9.69 Å². The van der Waals surface area contributed by atoms with Crippen LogP contribution < -0.4 is 10.6 Å². The van der Waals surface area contributed by atoms with E-state index in [9.17, 15) is 14.7 Å². The van der Waals surface area contributed by atoms with Crippen LogP contribution in [0.3, 0.4) is 0 Å². The number of halogens is 1. The monoisotopic (exact) mass is 477 g/mol. The lowest BCUT2D eigenvalue weighted by Gasteiger charge is -2.35. The van der Waals surface area contributed by atoms with Gasteiger partial charge in [-0.25, -0.2) is 4.79 Å². The maximum Gasteiger partial charge on any atom is 0.407 e. The van der Waals surface area contributed by atoms with Crippen molar-refractivity contribution >= 4 is 44.4 Å². The van der Waals surface area contributed by atoms with Crippen LogP contribution >= 0.6 is 15.9 Å². The summed E-state index contributed by atoms with van der Waals surface area (Å²) in [5.41, 5.74) is 0.712. The zero-order valence-corrected chi connectivity index (χ0v) is 19.0. The van der Waals surface area contributed by atoms with Gasteiger partial charge >= 0.3 is 6.09 Å². The van der Waals surface area contributed by atoms with Gasteiger partial charge in [0.05, 0.1) is 19.2 Å². The zero-order valence-electron chi connectivity index (χ0n) is 17.4. The number of nitrogens with zero attached hydrogens (tertiary/aromatic N) is 1. The minimum absolute atomic E-state index is 0.0387. The number of hydrogen-bond donors (Lipinski definition) is 3. The summed E-state index contributed by atoms with van der Waals surface area (Å²) in [6.07, 6.45) is -0.150. The van der Waals surface area contributed by atoms with Crippen LogP contribution in [0.15, 0.2) is 40.9 Å². The smallest absolute Gasteiger partial charge is 0.407 e. The molecule has 1 heterocycles. The van der Waals surface area contributed by atoms with E-state index in [1.807, 2.05) is 50.2 Å². The maximum atomic E-state index is 13.0. The van der Waals surface area contributed by atoms with Gasteiger partial charge < -0.3 is 20.5 Å². The molecule has 3 atom stereocenters. The van der Waals surface area contributed by atoms with E-state index < -0.39 is 24.4 Å². The van der Waals surface area contributed by atoms with Crippen molar-refractivity contribution in [2.45, 2.75) is 45.0 Å². The third-order valence-corrected chi connectivity index (χ3v) is 6.01. The molecular weight excluding hydrogens is 450 g/mol. The number of anilines is 1. The summed E-state index contributed by atoms with van der Waals surface area (Å²) in [5, 5.41) is 18.7. The summed E-state index contributed by atoms with van der Waals surface area (Å²) < 4.78 is 5.68. The van der Waals surface area contributed by atoms with E-state index in [1.165, 1.54) is 7.11 Å². The van der Waals surface area contributed by atoms with Crippen molar-refractivity contribution in [2.24, 2.45) is 5.92 Å². The third-order valence-electron chi connectivity index (χ3n) is 5.52. The Bertz CT molecular complexity index is 920. The average molecular weight is 478 g/mol. The molecule has 0 aliphatic carbocycles. The summed E-state index contributed by atoms with van der Waals surface area (Å²) in [5.74, 6) is -0.202. The lowest BCUT2D eigenvalue weighted by atomic mass is 10.0. The van der Waals surface area contributed by atoms with Gasteiger partial charge in [0.25, 0.3) is 0 Å². The molecule has 1 aliphatic heterocycles. The molecule has 0 bridgehead atoms. The predicted octanol–water partition coefficient (Wildman–Crippen LogP) is 3.70. The quantitative estimate of drug-likeness (QED) is 0.589. The number of likely N-dealkylation sites (tertiary alicyclic amines) is 1. The highest BCUT2D eigenvalue weighted by atomic mass is 79.9. The van der Waals surface area contributed by atoms with Crippen LogP contribution in [0, 0.1) is 5.92 Å². The SMILES string of the molecule is COC(=O)N[C@@H](C(C)C)C(O)N1CCC[C@H]1C(=O)Nc1ccc2cc(Br)ccc2c1. The normalized spacial score (nSPS) is 18.9. The van der Waals surface area contributed by atoms with Crippen LogP contribution in [0.5, 0.6) is 0 Å². The van der Waals surface area contributed by atoms with Crippen LogP contribution in [0.4, 0.5) is 10.5 Å². The molecule has 1 aliphatic rings. The Morgan fingerprint density at radius 3 is 2.60 bits per heavy atom. The number of nitrogens with one attached hydrogen (secondary N) is 2.